The molecule has 0 bridgehead atoms. The summed E-state index contributed by atoms with van der Waals surface area (Å²) in [6.45, 7) is 2.18. The van der Waals surface area contributed by atoms with Crippen LogP contribution in [0.2, 0.25) is 0 Å². The van der Waals surface area contributed by atoms with E-state index in [1.807, 2.05) is 11.3 Å². The van der Waals surface area contributed by atoms with Crippen LogP contribution in [0.4, 0.5) is 0 Å². The Bertz CT molecular complexity index is 502. The minimum absolute atomic E-state index is 1.02. The molecule has 0 saturated heterocycles. The number of aromatic nitrogens is 2. The van der Waals surface area contributed by atoms with Crippen LogP contribution >= 0.6 is 11.3 Å². The van der Waals surface area contributed by atoms with Gasteiger partial charge in [0, 0.05) is 10.3 Å². The zero-order chi connectivity index (χ0) is 10.3. The predicted octanol–water partition coefficient (Wildman–Crippen LogP) is 3.13. The largest absolute Gasteiger partial charge is 0.241 e. The Balaban J connectivity index is 2.33. The van der Waals surface area contributed by atoms with Crippen molar-refractivity contribution in [2.45, 2.75) is 39.0 Å². The number of thiophene rings is 1. The third-order valence-corrected chi connectivity index (χ3v) is 4.36. The summed E-state index contributed by atoms with van der Waals surface area (Å²) in [6, 6.07) is 0. The van der Waals surface area contributed by atoms with Gasteiger partial charge in [0.05, 0.1) is 5.69 Å². The van der Waals surface area contributed by atoms with Crippen molar-refractivity contribution in [3.63, 3.8) is 0 Å². The summed E-state index contributed by atoms with van der Waals surface area (Å²) in [5.74, 6) is 0. The lowest BCUT2D eigenvalue weighted by Gasteiger charge is -2.10. The highest BCUT2D eigenvalue weighted by Crippen LogP contribution is 2.36. The van der Waals surface area contributed by atoms with Crippen LogP contribution in [0, 0.1) is 0 Å². The summed E-state index contributed by atoms with van der Waals surface area (Å²) in [4.78, 5) is 11.6. The van der Waals surface area contributed by atoms with Crippen molar-refractivity contribution >= 4 is 21.6 Å². The van der Waals surface area contributed by atoms with Gasteiger partial charge in [-0.2, -0.15) is 0 Å². The van der Waals surface area contributed by atoms with E-state index in [2.05, 4.69) is 16.9 Å². The van der Waals surface area contributed by atoms with Crippen molar-refractivity contribution in [3.8, 4) is 0 Å². The quantitative estimate of drug-likeness (QED) is 0.735. The van der Waals surface area contributed by atoms with Crippen molar-refractivity contribution in [2.75, 3.05) is 0 Å². The van der Waals surface area contributed by atoms with E-state index in [0.717, 1.165) is 6.42 Å². The summed E-state index contributed by atoms with van der Waals surface area (Å²) in [5, 5.41) is 1.37. The topological polar surface area (TPSA) is 25.8 Å². The SMILES string of the molecule is CCc1ncnc2sc3c(c12)CCCC3. The van der Waals surface area contributed by atoms with Crippen molar-refractivity contribution in [2.24, 2.45) is 0 Å². The molecule has 0 radical (unpaired) electrons. The first kappa shape index (κ1) is 9.28. The zero-order valence-electron chi connectivity index (χ0n) is 8.92. The van der Waals surface area contributed by atoms with Crippen LogP contribution in [0.3, 0.4) is 0 Å². The van der Waals surface area contributed by atoms with E-state index < -0.39 is 0 Å². The fourth-order valence-electron chi connectivity index (χ4n) is 2.42. The number of aryl methyl sites for hydroxylation is 3. The summed E-state index contributed by atoms with van der Waals surface area (Å²) in [5.41, 5.74) is 2.79. The van der Waals surface area contributed by atoms with Gasteiger partial charge in [0.15, 0.2) is 0 Å². The molecule has 1 aliphatic rings. The van der Waals surface area contributed by atoms with Crippen molar-refractivity contribution in [1.82, 2.24) is 9.97 Å². The predicted molar refractivity (Wildman–Crippen MR) is 63.4 cm³/mol. The van der Waals surface area contributed by atoms with E-state index in [1.54, 1.807) is 16.8 Å². The van der Waals surface area contributed by atoms with Gasteiger partial charge in [-0.3, -0.25) is 0 Å². The third kappa shape index (κ3) is 1.37. The monoisotopic (exact) mass is 218 g/mol. The van der Waals surface area contributed by atoms with E-state index in [4.69, 9.17) is 0 Å². The van der Waals surface area contributed by atoms with Gasteiger partial charge in [0.2, 0.25) is 0 Å². The minimum Gasteiger partial charge on any atom is -0.241 e. The van der Waals surface area contributed by atoms with E-state index in [-0.39, 0.29) is 0 Å². The fraction of sp³-hybridized carbons (Fsp3) is 0.500. The molecule has 0 amide bonds. The van der Waals surface area contributed by atoms with Gasteiger partial charge in [0.1, 0.15) is 11.2 Å². The first-order valence-corrected chi connectivity index (χ1v) is 6.46. The highest BCUT2D eigenvalue weighted by atomic mass is 32.1. The average molecular weight is 218 g/mol. The molecular weight excluding hydrogens is 204 g/mol. The second kappa shape index (κ2) is 3.56. The molecule has 0 spiro atoms. The highest BCUT2D eigenvalue weighted by Gasteiger charge is 2.18. The van der Waals surface area contributed by atoms with Crippen LogP contribution in [-0.4, -0.2) is 9.97 Å². The second-order valence-electron chi connectivity index (χ2n) is 4.06. The molecule has 0 unspecified atom stereocenters. The minimum atomic E-state index is 1.02. The molecule has 0 N–H and O–H groups in total. The van der Waals surface area contributed by atoms with Gasteiger partial charge in [0.25, 0.3) is 0 Å². The summed E-state index contributed by atoms with van der Waals surface area (Å²) >= 11 is 1.88. The fourth-order valence-corrected chi connectivity index (χ4v) is 3.67. The van der Waals surface area contributed by atoms with Crippen LogP contribution in [0.5, 0.6) is 0 Å². The van der Waals surface area contributed by atoms with Crippen LogP contribution in [0.1, 0.15) is 35.9 Å². The Morgan fingerprint density at radius 1 is 1.27 bits per heavy atom. The van der Waals surface area contributed by atoms with Gasteiger partial charge in [-0.05, 0) is 37.7 Å². The van der Waals surface area contributed by atoms with Gasteiger partial charge in [-0.15, -0.1) is 11.3 Å². The highest BCUT2D eigenvalue weighted by molar-refractivity contribution is 7.18. The van der Waals surface area contributed by atoms with Gasteiger partial charge in [-0.1, -0.05) is 6.92 Å². The van der Waals surface area contributed by atoms with Crippen molar-refractivity contribution in [3.05, 3.63) is 22.5 Å². The van der Waals surface area contributed by atoms with Crippen LogP contribution < -0.4 is 0 Å². The van der Waals surface area contributed by atoms with Gasteiger partial charge >= 0.3 is 0 Å². The van der Waals surface area contributed by atoms with Crippen molar-refractivity contribution in [1.29, 1.82) is 0 Å². The molecule has 2 heterocycles. The van der Waals surface area contributed by atoms with Crippen LogP contribution in [0.25, 0.3) is 10.2 Å². The Kier molecular flexibility index (Phi) is 2.20. The first-order valence-electron chi connectivity index (χ1n) is 5.64. The number of fused-ring (bicyclic) bond motifs is 3. The summed E-state index contributed by atoms with van der Waals surface area (Å²) in [7, 11) is 0. The lowest BCUT2D eigenvalue weighted by atomic mass is 9.96. The standard InChI is InChI=1S/C12H14N2S/c1-2-9-11-8-5-3-4-6-10(8)15-12(11)14-7-13-9/h7H,2-6H2,1H3. The van der Waals surface area contributed by atoms with E-state index >= 15 is 0 Å². The molecule has 0 aliphatic heterocycles. The van der Waals surface area contributed by atoms with Gasteiger partial charge in [-0.25, -0.2) is 9.97 Å². The van der Waals surface area contributed by atoms with E-state index in [0.29, 0.717) is 0 Å². The molecule has 0 fully saturated rings. The lowest BCUT2D eigenvalue weighted by Crippen LogP contribution is -1.99. The Hall–Kier alpha value is -0.960. The Morgan fingerprint density at radius 3 is 3.00 bits per heavy atom. The Labute approximate surface area is 93.4 Å². The smallest absolute Gasteiger partial charge is 0.127 e. The zero-order valence-corrected chi connectivity index (χ0v) is 9.73. The molecule has 0 saturated carbocycles. The number of hydrogen-bond acceptors (Lipinski definition) is 3. The van der Waals surface area contributed by atoms with E-state index in [1.165, 1.54) is 41.6 Å². The lowest BCUT2D eigenvalue weighted by molar-refractivity contribution is 0.699. The second-order valence-corrected chi connectivity index (χ2v) is 5.15. The maximum absolute atomic E-state index is 4.40. The molecule has 1 aliphatic carbocycles. The molecule has 0 atom stereocenters. The average Bonchev–Trinajstić information content (AvgIpc) is 2.67. The molecule has 2 aromatic rings. The molecule has 3 rings (SSSR count). The molecule has 2 aromatic heterocycles. The molecular formula is C12H14N2S. The first-order chi connectivity index (χ1) is 7.40. The maximum atomic E-state index is 4.40. The molecule has 15 heavy (non-hydrogen) atoms. The summed E-state index contributed by atoms with van der Waals surface area (Å²) < 4.78 is 0. The normalized spacial score (nSPS) is 15.5. The maximum Gasteiger partial charge on any atom is 0.127 e. The van der Waals surface area contributed by atoms with Gasteiger partial charge < -0.3 is 0 Å². The van der Waals surface area contributed by atoms with Crippen molar-refractivity contribution < 1.29 is 0 Å². The molecule has 0 aromatic carbocycles. The third-order valence-electron chi connectivity index (χ3n) is 3.16. The number of rotatable bonds is 1. The molecule has 78 valence electrons. The molecule has 2 nitrogen and oxygen atoms in total. The summed E-state index contributed by atoms with van der Waals surface area (Å²) in [6.07, 6.45) is 7.88. The van der Waals surface area contributed by atoms with Crippen LogP contribution in [-0.2, 0) is 19.3 Å². The number of nitrogens with zero attached hydrogens (tertiary/aromatic N) is 2. The van der Waals surface area contributed by atoms with Crippen LogP contribution in [0.15, 0.2) is 6.33 Å². The number of hydrogen-bond donors (Lipinski definition) is 0. The Morgan fingerprint density at radius 2 is 2.13 bits per heavy atom. The van der Waals surface area contributed by atoms with E-state index in [9.17, 15) is 0 Å². The molecule has 3 heteroatoms.